The Bertz CT molecular complexity index is 5150. The number of nitrogens with two attached hydrogens (primary N) is 2. The molecular weight excluding hydrogens is 1770 g/mol. The van der Waals surface area contributed by atoms with Crippen LogP contribution in [0.5, 0.6) is 5.75 Å². The number of benzene rings is 3. The van der Waals surface area contributed by atoms with Crippen LogP contribution in [0.1, 0.15) is 153 Å². The van der Waals surface area contributed by atoms with Crippen molar-refractivity contribution in [2.45, 2.75) is 241 Å². The molecule has 3 aliphatic rings. The van der Waals surface area contributed by atoms with Crippen molar-refractivity contribution in [3.63, 3.8) is 0 Å². The minimum atomic E-state index is -1.90. The third-order valence-electron chi connectivity index (χ3n) is 25.0. The van der Waals surface area contributed by atoms with Crippen LogP contribution >= 0.6 is 11.8 Å². The van der Waals surface area contributed by atoms with Crippen LogP contribution in [0.15, 0.2) is 97.7 Å². The molecule has 42 nitrogen and oxygen atoms in total. The number of H-pyrrole nitrogens is 3. The topological polar surface area (TPSA) is 628 Å². The lowest BCUT2D eigenvalue weighted by Gasteiger charge is -2.36. The monoisotopic (exact) mass is 1900 g/mol. The third-order valence-corrected chi connectivity index (χ3v) is 26.1. The second-order valence-electron chi connectivity index (χ2n) is 34.9. The van der Waals surface area contributed by atoms with E-state index in [1.807, 2.05) is 31.2 Å². The van der Waals surface area contributed by atoms with Crippen LogP contribution in [0.25, 0.3) is 21.8 Å². The smallest absolute Gasteiger partial charge is 0.305 e. The van der Waals surface area contributed by atoms with E-state index in [1.165, 1.54) is 69.8 Å². The van der Waals surface area contributed by atoms with Gasteiger partial charge < -0.3 is 124 Å². The third kappa shape index (κ3) is 29.5. The molecule has 3 fully saturated rings. The zero-order valence-corrected chi connectivity index (χ0v) is 77.8. The van der Waals surface area contributed by atoms with Crippen LogP contribution in [-0.2, 0) is 107 Å². The first-order valence-electron chi connectivity index (χ1n) is 45.7. The summed E-state index contributed by atoms with van der Waals surface area (Å²) >= 11 is 0.706. The Morgan fingerprint density at radius 2 is 1.13 bits per heavy atom. The summed E-state index contributed by atoms with van der Waals surface area (Å²) in [4.78, 5) is 266. The lowest BCUT2D eigenvalue weighted by molar-refractivity contribution is -0.149. The van der Waals surface area contributed by atoms with Gasteiger partial charge in [0.25, 0.3) is 0 Å². The van der Waals surface area contributed by atoms with Crippen molar-refractivity contribution in [2.24, 2.45) is 23.3 Å². The number of imidazole rings is 1. The molecule has 3 aromatic heterocycles. The molecule has 3 aromatic carbocycles. The molecule has 43 heteroatoms. The molecule has 734 valence electrons. The summed E-state index contributed by atoms with van der Waals surface area (Å²) in [6.45, 7) is 4.69. The molecule has 0 spiro atoms. The number of carbonyl (C=O) groups is 17. The molecule has 15 amide bonds. The maximum atomic E-state index is 15.8. The van der Waals surface area contributed by atoms with Crippen molar-refractivity contribution in [1.82, 2.24) is 92.3 Å². The van der Waals surface area contributed by atoms with Crippen molar-refractivity contribution in [1.29, 1.82) is 0 Å². The summed E-state index contributed by atoms with van der Waals surface area (Å²) in [6.07, 6.45) is 4.01. The number of aliphatic hydroxyl groups excluding tert-OH is 2. The largest absolute Gasteiger partial charge is 0.508 e. The number of amides is 15. The van der Waals surface area contributed by atoms with E-state index in [2.05, 4.69) is 67.8 Å². The number of likely N-dealkylation sites (N-methyl/N-ethyl adjacent to an activating group) is 3. The average molecular weight is 1900 g/mol. The number of aliphatic hydroxyl groups is 2. The molecule has 1 unspecified atom stereocenters. The van der Waals surface area contributed by atoms with Crippen molar-refractivity contribution in [3.8, 4) is 5.75 Å². The Kier molecular flexibility index (Phi) is 39.8. The van der Waals surface area contributed by atoms with Crippen molar-refractivity contribution in [3.05, 3.63) is 120 Å². The van der Waals surface area contributed by atoms with Crippen LogP contribution in [0, 0.1) is 11.8 Å². The van der Waals surface area contributed by atoms with Gasteiger partial charge in [-0.15, -0.1) is 11.8 Å². The first-order valence-corrected chi connectivity index (χ1v) is 46.8. The summed E-state index contributed by atoms with van der Waals surface area (Å²) in [5.74, 6) is -20.0. The minimum absolute atomic E-state index is 0.00152. The summed E-state index contributed by atoms with van der Waals surface area (Å²) < 4.78 is 0. The number of hydrogen-bond donors (Lipinski definition) is 19. The Morgan fingerprint density at radius 1 is 0.556 bits per heavy atom. The highest BCUT2D eigenvalue weighted by atomic mass is 32.2. The Balaban J connectivity index is 1.10. The number of primary amides is 1. The predicted molar refractivity (Wildman–Crippen MR) is 495 cm³/mol. The van der Waals surface area contributed by atoms with Gasteiger partial charge in [-0.2, -0.15) is 0 Å². The molecule has 135 heavy (non-hydrogen) atoms. The SMILES string of the molecule is CCCC[C@H]1C(=O)N(C)[C@@H](CCCC)C(=O)N[C@@H](CCC(=O)O)C(=O)N[C@H](C(=O)NCC(N)=O)CSCC(=O)N[C@@H](Cc2ccc(O)cc2)C(=O)N(C)[C@@H](C)C(=O)N[C@@H](CC(=O)O)C(=O)N2CCC[C@H]2C(=O)N[C@@H](Cc2c[nH]cn2)C(=O)N[C@@H](CCCCN)C(=O)N2C[C@H](O)C[C@H]2C(C)C[C@@H](Cc2c[nH]c3ccccc23)C(=O)N[C@@H](CO)C(=O)N[C@@H](Cc2c[nH]c3ccccc23)C(=O)N1C. The van der Waals surface area contributed by atoms with E-state index in [9.17, 15) is 73.5 Å². The predicted octanol–water partition coefficient (Wildman–Crippen LogP) is -0.488. The van der Waals surface area contributed by atoms with Gasteiger partial charge in [0.2, 0.25) is 88.6 Å². The summed E-state index contributed by atoms with van der Waals surface area (Å²) in [5.41, 5.74) is 14.6. The van der Waals surface area contributed by atoms with Gasteiger partial charge in [0.05, 0.1) is 43.5 Å². The van der Waals surface area contributed by atoms with Crippen LogP contribution < -0.4 is 59.3 Å². The molecule has 3 saturated heterocycles. The van der Waals surface area contributed by atoms with Crippen LogP contribution in [0.2, 0.25) is 0 Å². The van der Waals surface area contributed by atoms with Gasteiger partial charge in [-0.05, 0) is 131 Å². The summed E-state index contributed by atoms with van der Waals surface area (Å²) in [5, 5.41) is 78.5. The summed E-state index contributed by atoms with van der Waals surface area (Å²) in [6, 6.07) is 0.116. The second kappa shape index (κ2) is 50.9. The van der Waals surface area contributed by atoms with E-state index in [1.54, 1.807) is 50.5 Å². The number of aliphatic carboxylic acids is 2. The maximum Gasteiger partial charge on any atom is 0.305 e. The number of carboxylic acids is 2. The number of nitrogens with zero attached hydrogens (tertiary/aromatic N) is 6. The Labute approximate surface area is 785 Å². The molecule has 21 N–H and O–H groups in total. The number of hydrogen-bond acceptors (Lipinski definition) is 23. The number of carboxylic acid groups (broad SMARTS) is 2. The normalized spacial score (nSPS) is 25.3. The molecule has 9 rings (SSSR count). The van der Waals surface area contributed by atoms with E-state index >= 15 is 33.6 Å². The maximum absolute atomic E-state index is 15.8. The number of aromatic amines is 3. The van der Waals surface area contributed by atoms with Crippen LogP contribution in [0.4, 0.5) is 0 Å². The minimum Gasteiger partial charge on any atom is -0.508 e. The fourth-order valence-corrected chi connectivity index (χ4v) is 18.2. The number of aromatic hydroxyl groups is 1. The molecule has 6 aromatic rings. The summed E-state index contributed by atoms with van der Waals surface area (Å²) in [7, 11) is 3.84. The number of phenolic OH excluding ortho intramolecular Hbond substituents is 1. The molecule has 6 heterocycles. The van der Waals surface area contributed by atoms with Gasteiger partial charge in [-0.3, -0.25) is 81.5 Å². The van der Waals surface area contributed by atoms with Crippen molar-refractivity contribution in [2.75, 3.05) is 65.4 Å². The van der Waals surface area contributed by atoms with E-state index in [-0.39, 0.29) is 115 Å². The van der Waals surface area contributed by atoms with Gasteiger partial charge in [0.1, 0.15) is 78.3 Å². The van der Waals surface area contributed by atoms with E-state index in [0.29, 0.717) is 65.0 Å². The molecule has 3 aliphatic heterocycles. The fraction of sp³-hybridized carbons (Fsp3) is 0.543. The van der Waals surface area contributed by atoms with Gasteiger partial charge in [0.15, 0.2) is 0 Å². The second-order valence-corrected chi connectivity index (χ2v) is 35.9. The number of para-hydroxylation sites is 2. The molecular formula is C92H128N20O22S. The van der Waals surface area contributed by atoms with Gasteiger partial charge in [0, 0.05) is 118 Å². The quantitative estimate of drug-likeness (QED) is 0.0289. The highest BCUT2D eigenvalue weighted by molar-refractivity contribution is 8.00. The zero-order valence-electron chi connectivity index (χ0n) is 77.0. The number of rotatable bonds is 27. The molecule has 16 atom stereocenters. The zero-order chi connectivity index (χ0) is 98.4. The fourth-order valence-electron chi connectivity index (χ4n) is 17.4. The van der Waals surface area contributed by atoms with Crippen LogP contribution in [0.3, 0.4) is 0 Å². The van der Waals surface area contributed by atoms with E-state index < -0.39 is 241 Å². The Morgan fingerprint density at radius 3 is 1.76 bits per heavy atom. The standard InChI is InChI=1S/C92H128N20O22S/c1-8-10-24-72-86(128)101-64(31-32-78(118)119)83(125)107-71(82(124)98-45-76(94)116)48-135-49-77(117)100-67(36-53-27-29-58(114)30-28-53)88(130)108(5)52(4)80(122)104-69(41-79(120)121)91(133)111-34-18-26-73(111)87(129)103-66(39-57-44-95-50-99-57)84(126)102-65(23-16-17-33-93)90(132)112-46-59(115)40-75(112)51(3)35-54(37-55-42-96-62-21-14-12-19-60(55)62)81(123)106-70(47-113)85(127)105-68(38-56-43-97-63-22-15-13-20-61(56)63)89(131)110(7)74(25-11-9-2)92(134)109(72)6/h12-15,19-22,27-30,42-44,50-52,54,59,64-75,96-97,113-115H,8-11,16-18,23-26,31-41,45-49,93H2,1-7H3,(H2,94,116)(H,95,99)(H,98,124)(H,100,117)(H,101,128)(H,102,126)(H,103,129)(H,104,122)(H,105,127)(H,106,123)(H,107,125)(H,118,119)(H,120,121)/t51?,52-,54-,59+,64-,65-,66-,67-,68-,69-,70-,71-,72-,73-,74-,75-/m0/s1. The number of fused-ring (bicyclic) bond motifs is 4. The number of carbonyl (C=O) groups excluding carboxylic acids is 15. The van der Waals surface area contributed by atoms with Gasteiger partial charge in [-0.25, -0.2) is 4.98 Å². The molecule has 0 saturated carbocycles. The average Bonchev–Trinajstić information content (AvgIpc) is 1.72. The lowest BCUT2D eigenvalue weighted by atomic mass is 9.84. The van der Waals surface area contributed by atoms with E-state index in [0.717, 1.165) is 30.5 Å². The number of nitrogens with one attached hydrogen (secondary N) is 12. The number of unbranched alkanes of at least 4 members (excludes halogenated alkanes) is 3. The molecule has 0 aliphatic carbocycles. The first-order chi connectivity index (χ1) is 64.4. The van der Waals surface area contributed by atoms with Gasteiger partial charge in [-0.1, -0.05) is 95.0 Å². The Hall–Kier alpha value is -13.0. The van der Waals surface area contributed by atoms with E-state index in [4.69, 9.17) is 11.5 Å². The van der Waals surface area contributed by atoms with Gasteiger partial charge >= 0.3 is 11.9 Å². The molecule has 0 radical (unpaired) electrons. The number of phenols is 1. The lowest BCUT2D eigenvalue weighted by Crippen LogP contribution is -2.61. The highest BCUT2D eigenvalue weighted by Gasteiger charge is 2.46. The van der Waals surface area contributed by atoms with Crippen LogP contribution in [-0.4, -0.2) is 321 Å². The number of aromatic nitrogens is 4. The van der Waals surface area contributed by atoms with Crippen molar-refractivity contribution >= 4 is 134 Å². The van der Waals surface area contributed by atoms with Crippen molar-refractivity contribution < 1.29 is 107 Å². The highest BCUT2D eigenvalue weighted by Crippen LogP contribution is 2.34. The molecule has 0 bridgehead atoms. The number of thioether (sulfide) groups is 1. The first kappa shape index (κ1) is 106.